The second kappa shape index (κ2) is 6.12. The molecule has 112 valence electrons. The first-order valence-electron chi connectivity index (χ1n) is 6.51. The van der Waals surface area contributed by atoms with Gasteiger partial charge >= 0.3 is 0 Å². The third kappa shape index (κ3) is 3.41. The van der Waals surface area contributed by atoms with Crippen LogP contribution in [0.1, 0.15) is 12.0 Å². The van der Waals surface area contributed by atoms with Crippen LogP contribution >= 0.6 is 23.2 Å². The van der Waals surface area contributed by atoms with Gasteiger partial charge < -0.3 is 5.11 Å². The summed E-state index contributed by atoms with van der Waals surface area (Å²) >= 11 is 12.3. The Hall–Kier alpha value is -0.450. The first kappa shape index (κ1) is 15.9. The monoisotopic (exact) mass is 336 g/mol. The van der Waals surface area contributed by atoms with Crippen LogP contribution in [0.25, 0.3) is 0 Å². The van der Waals surface area contributed by atoms with Crippen LogP contribution in [-0.4, -0.2) is 36.8 Å². The minimum Gasteiger partial charge on any atom is -0.508 e. The highest BCUT2D eigenvalue weighted by Gasteiger charge is 2.43. The van der Waals surface area contributed by atoms with Crippen LogP contribution < -0.4 is 0 Å². The van der Waals surface area contributed by atoms with Gasteiger partial charge in [0.25, 0.3) is 0 Å². The van der Waals surface area contributed by atoms with E-state index in [1.165, 1.54) is 0 Å². The van der Waals surface area contributed by atoms with Gasteiger partial charge in [-0.2, -0.15) is 0 Å². The molecule has 1 aliphatic rings. The van der Waals surface area contributed by atoms with E-state index in [2.05, 4.69) is 0 Å². The summed E-state index contributed by atoms with van der Waals surface area (Å²) in [5, 5.41) is 9.54. The third-order valence-corrected chi connectivity index (χ3v) is 6.93. The van der Waals surface area contributed by atoms with Crippen LogP contribution in [0.2, 0.25) is 0 Å². The molecule has 1 unspecified atom stereocenters. The number of phenols is 1. The molecule has 0 amide bonds. The molecule has 0 aliphatic carbocycles. The van der Waals surface area contributed by atoms with Gasteiger partial charge in [0.1, 0.15) is 5.75 Å². The van der Waals surface area contributed by atoms with Gasteiger partial charge in [-0.05, 0) is 36.5 Å². The first-order valence-corrected chi connectivity index (χ1v) is 9.40. The largest absolute Gasteiger partial charge is 0.508 e. The lowest BCUT2D eigenvalue weighted by molar-refractivity contribution is 0.244. The lowest BCUT2D eigenvalue weighted by atomic mass is 9.73. The topological polar surface area (TPSA) is 54.4 Å². The Balaban J connectivity index is 2.26. The highest BCUT2D eigenvalue weighted by atomic mass is 35.5. The minimum atomic E-state index is -2.97. The van der Waals surface area contributed by atoms with Crippen molar-refractivity contribution in [2.45, 2.75) is 12.8 Å². The van der Waals surface area contributed by atoms with Crippen LogP contribution in [0, 0.1) is 11.3 Å². The van der Waals surface area contributed by atoms with Gasteiger partial charge in [-0.15, -0.1) is 23.2 Å². The van der Waals surface area contributed by atoms with Gasteiger partial charge in [0.05, 0.1) is 11.5 Å². The van der Waals surface area contributed by atoms with E-state index in [-0.39, 0.29) is 23.2 Å². The maximum atomic E-state index is 11.7. The number of alkyl halides is 2. The smallest absolute Gasteiger partial charge is 0.150 e. The second-order valence-electron chi connectivity index (χ2n) is 5.58. The van der Waals surface area contributed by atoms with Crippen molar-refractivity contribution in [3.63, 3.8) is 0 Å². The molecule has 0 aromatic heterocycles. The van der Waals surface area contributed by atoms with E-state index in [9.17, 15) is 13.5 Å². The Bertz CT molecular complexity index is 568. The molecule has 1 heterocycles. The molecule has 6 heteroatoms. The fourth-order valence-electron chi connectivity index (χ4n) is 2.84. The molecule has 2 rings (SSSR count). The molecule has 0 bridgehead atoms. The minimum absolute atomic E-state index is 0.0233. The Kier molecular flexibility index (Phi) is 4.88. The molecule has 1 N–H and O–H groups in total. The van der Waals surface area contributed by atoms with Crippen molar-refractivity contribution in [2.75, 3.05) is 23.3 Å². The molecule has 1 saturated heterocycles. The summed E-state index contributed by atoms with van der Waals surface area (Å²) in [5.74, 6) is 1.17. The van der Waals surface area contributed by atoms with Gasteiger partial charge in [0.2, 0.25) is 0 Å². The normalized spacial score (nSPS) is 22.0. The van der Waals surface area contributed by atoms with Crippen molar-refractivity contribution in [3.05, 3.63) is 29.8 Å². The summed E-state index contributed by atoms with van der Waals surface area (Å²) < 4.78 is 23.4. The van der Waals surface area contributed by atoms with E-state index >= 15 is 0 Å². The number of aromatic hydroxyl groups is 1. The Morgan fingerprint density at radius 1 is 1.30 bits per heavy atom. The molecule has 1 fully saturated rings. The van der Waals surface area contributed by atoms with Crippen LogP contribution in [0.15, 0.2) is 24.3 Å². The lowest BCUT2D eigenvalue weighted by Gasteiger charge is -2.35. The van der Waals surface area contributed by atoms with Crippen LogP contribution in [0.4, 0.5) is 0 Å². The highest BCUT2D eigenvalue weighted by molar-refractivity contribution is 7.91. The summed E-state index contributed by atoms with van der Waals surface area (Å²) in [5.41, 5.74) is 0.483. The lowest BCUT2D eigenvalue weighted by Crippen LogP contribution is -2.37. The van der Waals surface area contributed by atoms with Gasteiger partial charge in [-0.1, -0.05) is 12.1 Å². The molecular weight excluding hydrogens is 319 g/mol. The molecule has 3 nitrogen and oxygen atoms in total. The van der Waals surface area contributed by atoms with Crippen molar-refractivity contribution in [3.8, 4) is 5.75 Å². The maximum absolute atomic E-state index is 11.7. The Labute approximate surface area is 129 Å². The van der Waals surface area contributed by atoms with E-state index in [1.807, 2.05) is 6.07 Å². The van der Waals surface area contributed by atoms with Crippen LogP contribution in [0.3, 0.4) is 0 Å². The molecule has 0 saturated carbocycles. The molecule has 1 aromatic carbocycles. The number of sulfone groups is 1. The Morgan fingerprint density at radius 2 is 2.00 bits per heavy atom. The zero-order chi connectivity index (χ0) is 14.8. The van der Waals surface area contributed by atoms with Gasteiger partial charge in [-0.25, -0.2) is 8.42 Å². The van der Waals surface area contributed by atoms with Crippen molar-refractivity contribution >= 4 is 33.0 Å². The van der Waals surface area contributed by atoms with Crippen molar-refractivity contribution in [2.24, 2.45) is 11.3 Å². The molecule has 0 spiro atoms. The first-order chi connectivity index (χ1) is 9.41. The number of halogens is 2. The molecule has 1 atom stereocenters. The summed E-state index contributed by atoms with van der Waals surface area (Å²) in [7, 11) is -2.97. The molecule has 0 radical (unpaired) electrons. The number of hydrogen-bond acceptors (Lipinski definition) is 3. The van der Waals surface area contributed by atoms with Crippen molar-refractivity contribution in [1.82, 2.24) is 0 Å². The number of hydrogen-bond donors (Lipinski definition) is 1. The zero-order valence-corrected chi connectivity index (χ0v) is 13.4. The second-order valence-corrected chi connectivity index (χ2v) is 8.34. The summed E-state index contributed by atoms with van der Waals surface area (Å²) in [6.45, 7) is 0. The van der Waals surface area contributed by atoms with Gasteiger partial charge in [0, 0.05) is 17.2 Å². The van der Waals surface area contributed by atoms with Crippen molar-refractivity contribution in [1.29, 1.82) is 0 Å². The van der Waals surface area contributed by atoms with Gasteiger partial charge in [0.15, 0.2) is 9.84 Å². The predicted molar refractivity (Wildman–Crippen MR) is 82.4 cm³/mol. The zero-order valence-electron chi connectivity index (χ0n) is 11.1. The average molecular weight is 337 g/mol. The summed E-state index contributed by atoms with van der Waals surface area (Å²) in [6.07, 6.45) is 1.19. The summed E-state index contributed by atoms with van der Waals surface area (Å²) in [6, 6.07) is 6.95. The van der Waals surface area contributed by atoms with E-state index in [4.69, 9.17) is 23.2 Å². The predicted octanol–water partition coefficient (Wildman–Crippen LogP) is 2.83. The number of rotatable bonds is 5. The third-order valence-electron chi connectivity index (χ3n) is 4.10. The maximum Gasteiger partial charge on any atom is 0.150 e. The molecule has 1 aliphatic heterocycles. The molecule has 1 aromatic rings. The van der Waals surface area contributed by atoms with E-state index in [0.29, 0.717) is 24.6 Å². The Morgan fingerprint density at radius 3 is 2.50 bits per heavy atom. The van der Waals surface area contributed by atoms with Crippen molar-refractivity contribution < 1.29 is 13.5 Å². The highest BCUT2D eigenvalue weighted by Crippen LogP contribution is 2.41. The quantitative estimate of drug-likeness (QED) is 0.841. The van der Waals surface area contributed by atoms with E-state index in [1.54, 1.807) is 18.2 Å². The van der Waals surface area contributed by atoms with Crippen LogP contribution in [-0.2, 0) is 16.3 Å². The van der Waals surface area contributed by atoms with Crippen LogP contribution in [0.5, 0.6) is 5.75 Å². The molecular formula is C14H18Cl2O3S. The summed E-state index contributed by atoms with van der Waals surface area (Å²) in [4.78, 5) is 0. The number of benzene rings is 1. The van der Waals surface area contributed by atoms with Gasteiger partial charge in [-0.3, -0.25) is 0 Å². The SMILES string of the molecule is O=S1(=O)CCC(C(CCl)(CCl)Cc2cccc(O)c2)C1. The fourth-order valence-corrected chi connectivity index (χ4v) is 5.70. The standard InChI is InChI=1S/C14H18Cl2O3S/c15-9-14(10-16,12-4-5-20(18,19)8-12)7-11-2-1-3-13(17)6-11/h1-3,6,12,17H,4-5,7-10H2. The molecule has 20 heavy (non-hydrogen) atoms. The van der Waals surface area contributed by atoms with E-state index < -0.39 is 15.3 Å². The fraction of sp³-hybridized carbons (Fsp3) is 0.571. The van der Waals surface area contributed by atoms with E-state index in [0.717, 1.165) is 5.56 Å². The average Bonchev–Trinajstić information content (AvgIpc) is 2.77. The number of phenolic OH excluding ortho intramolecular Hbond substituents is 1.